The summed E-state index contributed by atoms with van der Waals surface area (Å²) < 4.78 is 0. The maximum atomic E-state index is 10.9. The molecule has 7 heteroatoms. The van der Waals surface area contributed by atoms with E-state index in [9.17, 15) is 4.79 Å². The summed E-state index contributed by atoms with van der Waals surface area (Å²) in [6, 6.07) is 1.47. The first kappa shape index (κ1) is 14.4. The fraction of sp³-hybridized carbons (Fsp3) is 0.500. The quantitative estimate of drug-likeness (QED) is 0.866. The van der Waals surface area contributed by atoms with E-state index in [0.717, 1.165) is 26.2 Å². The van der Waals surface area contributed by atoms with Crippen LogP contribution in [0.5, 0.6) is 0 Å². The summed E-state index contributed by atoms with van der Waals surface area (Å²) in [4.78, 5) is 17.4. The molecule has 0 radical (unpaired) electrons. The van der Waals surface area contributed by atoms with E-state index in [-0.39, 0.29) is 10.6 Å². The van der Waals surface area contributed by atoms with Gasteiger partial charge in [-0.3, -0.25) is 4.90 Å². The van der Waals surface area contributed by atoms with Crippen LogP contribution in [0.4, 0.5) is 5.82 Å². The Labute approximate surface area is 121 Å². The topological polar surface area (TPSA) is 65.5 Å². The molecule has 19 heavy (non-hydrogen) atoms. The van der Waals surface area contributed by atoms with Gasteiger partial charge in [-0.1, -0.05) is 11.6 Å². The number of carboxylic acids is 1. The highest BCUT2D eigenvalue weighted by atomic mass is 35.5. The van der Waals surface area contributed by atoms with E-state index < -0.39 is 5.97 Å². The maximum absolute atomic E-state index is 10.9. The average molecular weight is 302 g/mol. The van der Waals surface area contributed by atoms with Crippen LogP contribution in [-0.2, 0) is 0 Å². The van der Waals surface area contributed by atoms with Gasteiger partial charge in [-0.2, -0.15) is 11.8 Å². The minimum Gasteiger partial charge on any atom is -0.478 e. The van der Waals surface area contributed by atoms with Gasteiger partial charge in [0.15, 0.2) is 0 Å². The van der Waals surface area contributed by atoms with Crippen LogP contribution >= 0.6 is 23.4 Å². The minimum atomic E-state index is -1.04. The Bertz CT molecular complexity index is 453. The lowest BCUT2D eigenvalue weighted by molar-refractivity contribution is 0.0697. The van der Waals surface area contributed by atoms with Crippen molar-refractivity contribution in [2.75, 3.05) is 43.0 Å². The fourth-order valence-corrected chi connectivity index (χ4v) is 3.03. The fourth-order valence-electron chi connectivity index (χ4n) is 1.87. The van der Waals surface area contributed by atoms with Crippen molar-refractivity contribution in [3.63, 3.8) is 0 Å². The first-order valence-corrected chi connectivity index (χ1v) is 7.63. The van der Waals surface area contributed by atoms with Crippen molar-refractivity contribution in [3.8, 4) is 0 Å². The summed E-state index contributed by atoms with van der Waals surface area (Å²) in [7, 11) is 0. The second-order valence-corrected chi connectivity index (χ2v) is 5.87. The van der Waals surface area contributed by atoms with Gasteiger partial charge in [0.2, 0.25) is 0 Å². The lowest BCUT2D eigenvalue weighted by Gasteiger charge is -2.26. The van der Waals surface area contributed by atoms with Crippen LogP contribution in [0, 0.1) is 0 Å². The van der Waals surface area contributed by atoms with Crippen LogP contribution in [0.15, 0.2) is 12.3 Å². The molecule has 2 heterocycles. The number of hydrogen-bond acceptors (Lipinski definition) is 5. The van der Waals surface area contributed by atoms with Crippen LogP contribution in [0.3, 0.4) is 0 Å². The molecule has 1 saturated heterocycles. The molecule has 0 amide bonds. The molecule has 1 fully saturated rings. The first-order valence-electron chi connectivity index (χ1n) is 6.09. The molecule has 1 aliphatic heterocycles. The largest absolute Gasteiger partial charge is 0.478 e. The molecule has 5 nitrogen and oxygen atoms in total. The SMILES string of the molecule is O=C(O)c1cc(NCCN2CCSCC2)ncc1Cl. The van der Waals surface area contributed by atoms with Crippen LogP contribution in [0.25, 0.3) is 0 Å². The van der Waals surface area contributed by atoms with Gasteiger partial charge in [0.25, 0.3) is 0 Å². The second-order valence-electron chi connectivity index (χ2n) is 4.24. The molecular weight excluding hydrogens is 286 g/mol. The molecule has 1 aromatic rings. The number of halogens is 1. The monoisotopic (exact) mass is 301 g/mol. The van der Waals surface area contributed by atoms with Gasteiger partial charge in [0.05, 0.1) is 10.6 Å². The van der Waals surface area contributed by atoms with Crippen LogP contribution in [0.2, 0.25) is 5.02 Å². The lowest BCUT2D eigenvalue weighted by Crippen LogP contribution is -2.36. The molecule has 0 unspecified atom stereocenters. The lowest BCUT2D eigenvalue weighted by atomic mass is 10.2. The Morgan fingerprint density at radius 2 is 2.26 bits per heavy atom. The van der Waals surface area contributed by atoms with E-state index in [1.165, 1.54) is 23.8 Å². The number of anilines is 1. The zero-order chi connectivity index (χ0) is 13.7. The molecule has 0 aliphatic carbocycles. The molecule has 2 N–H and O–H groups in total. The van der Waals surface area contributed by atoms with E-state index in [1.807, 2.05) is 11.8 Å². The van der Waals surface area contributed by atoms with Crippen LogP contribution in [-0.4, -0.2) is 58.6 Å². The molecule has 0 bridgehead atoms. The zero-order valence-electron chi connectivity index (χ0n) is 10.4. The van der Waals surface area contributed by atoms with Crippen molar-refractivity contribution in [1.29, 1.82) is 0 Å². The smallest absolute Gasteiger partial charge is 0.337 e. The number of carboxylic acid groups (broad SMARTS) is 1. The summed E-state index contributed by atoms with van der Waals surface area (Å²) in [6.45, 7) is 3.91. The Hall–Kier alpha value is -0.980. The van der Waals surface area contributed by atoms with Gasteiger partial charge in [-0.05, 0) is 6.07 Å². The third-order valence-corrected chi connectivity index (χ3v) is 4.17. The van der Waals surface area contributed by atoms with Crippen molar-refractivity contribution in [3.05, 3.63) is 22.8 Å². The Balaban J connectivity index is 1.85. The highest BCUT2D eigenvalue weighted by molar-refractivity contribution is 7.99. The number of nitrogens with zero attached hydrogens (tertiary/aromatic N) is 2. The molecule has 2 rings (SSSR count). The number of aromatic carboxylic acids is 1. The zero-order valence-corrected chi connectivity index (χ0v) is 12.0. The normalized spacial score (nSPS) is 16.3. The molecule has 1 aliphatic rings. The number of carbonyl (C=O) groups is 1. The van der Waals surface area contributed by atoms with Crippen LogP contribution in [0.1, 0.15) is 10.4 Å². The summed E-state index contributed by atoms with van der Waals surface area (Å²) in [5, 5.41) is 12.3. The first-order chi connectivity index (χ1) is 9.16. The molecule has 1 aromatic heterocycles. The van der Waals surface area contributed by atoms with Crippen molar-refractivity contribution in [1.82, 2.24) is 9.88 Å². The summed E-state index contributed by atoms with van der Waals surface area (Å²) in [5.41, 5.74) is 0.0774. The number of hydrogen-bond donors (Lipinski definition) is 2. The molecule has 104 valence electrons. The molecular formula is C12H16ClN3O2S. The molecule has 0 spiro atoms. The predicted molar refractivity (Wildman–Crippen MR) is 78.5 cm³/mol. The minimum absolute atomic E-state index is 0.0774. The van der Waals surface area contributed by atoms with E-state index in [1.54, 1.807) is 0 Å². The van der Waals surface area contributed by atoms with Gasteiger partial charge >= 0.3 is 5.97 Å². The van der Waals surface area contributed by atoms with Crippen LogP contribution < -0.4 is 5.32 Å². The van der Waals surface area contributed by atoms with Crippen molar-refractivity contribution in [2.24, 2.45) is 0 Å². The molecule has 0 saturated carbocycles. The molecule has 0 atom stereocenters. The number of nitrogens with one attached hydrogen (secondary N) is 1. The van der Waals surface area contributed by atoms with Gasteiger partial charge < -0.3 is 10.4 Å². The Morgan fingerprint density at radius 1 is 1.53 bits per heavy atom. The highest BCUT2D eigenvalue weighted by Crippen LogP contribution is 2.17. The van der Waals surface area contributed by atoms with E-state index >= 15 is 0 Å². The highest BCUT2D eigenvalue weighted by Gasteiger charge is 2.11. The average Bonchev–Trinajstić information content (AvgIpc) is 2.41. The van der Waals surface area contributed by atoms with Gasteiger partial charge in [-0.15, -0.1) is 0 Å². The standard InChI is InChI=1S/C12H16ClN3O2S/c13-10-8-15-11(7-9(10)12(17)18)14-1-2-16-3-5-19-6-4-16/h7-8H,1-6H2,(H,14,15)(H,17,18). The van der Waals surface area contributed by atoms with Crippen molar-refractivity contribution >= 4 is 35.1 Å². The van der Waals surface area contributed by atoms with Gasteiger partial charge in [0, 0.05) is 43.9 Å². The number of thioether (sulfide) groups is 1. The predicted octanol–water partition coefficient (Wildman–Crippen LogP) is 1.89. The number of aromatic nitrogens is 1. The van der Waals surface area contributed by atoms with Crippen molar-refractivity contribution in [2.45, 2.75) is 0 Å². The van der Waals surface area contributed by atoms with E-state index in [0.29, 0.717) is 5.82 Å². The molecule has 0 aromatic carbocycles. The van der Waals surface area contributed by atoms with E-state index in [4.69, 9.17) is 16.7 Å². The number of rotatable bonds is 5. The van der Waals surface area contributed by atoms with E-state index in [2.05, 4.69) is 15.2 Å². The number of pyridine rings is 1. The van der Waals surface area contributed by atoms with Gasteiger partial charge in [0.1, 0.15) is 5.82 Å². The Kier molecular flexibility index (Phi) is 5.30. The van der Waals surface area contributed by atoms with Crippen molar-refractivity contribution < 1.29 is 9.90 Å². The third-order valence-electron chi connectivity index (χ3n) is 2.92. The Morgan fingerprint density at radius 3 is 2.95 bits per heavy atom. The summed E-state index contributed by atoms with van der Waals surface area (Å²) in [6.07, 6.45) is 1.37. The second kappa shape index (κ2) is 6.98. The van der Waals surface area contributed by atoms with Gasteiger partial charge in [-0.25, -0.2) is 9.78 Å². The maximum Gasteiger partial charge on any atom is 0.337 e. The summed E-state index contributed by atoms with van der Waals surface area (Å²) in [5.74, 6) is 1.88. The third kappa shape index (κ3) is 4.26. The summed E-state index contributed by atoms with van der Waals surface area (Å²) >= 11 is 7.75.